The van der Waals surface area contributed by atoms with Crippen molar-refractivity contribution in [3.63, 3.8) is 0 Å². The highest BCUT2D eigenvalue weighted by Crippen LogP contribution is 2.34. The number of para-hydroxylation sites is 1. The monoisotopic (exact) mass is 767 g/mol. The fourth-order valence-electron chi connectivity index (χ4n) is 5.65. The van der Waals surface area contributed by atoms with Crippen LogP contribution in [0.3, 0.4) is 0 Å². The standard InChI is InChI=1S/C43H40ClF2N3O6/c1-28-13-23-38(36(44)25-28)49(3)41(52)33-16-21-35(22-17-33)47-39(50)26-30-14-19-34(20-15-30)43(45,46)29(2)55-40(51)24-18-32-11-7-8-12-37(32)48-42(53)54-27-31-9-5-4-6-10-31/h4-17,19-23,25,29H,18,24,26-27H2,1-3H3,(H,47,50)(H,48,53). The van der Waals surface area contributed by atoms with Gasteiger partial charge in [0, 0.05) is 36.0 Å². The van der Waals surface area contributed by atoms with Crippen LogP contribution in [-0.2, 0) is 44.4 Å². The number of carbonyl (C=O) groups excluding carboxylic acids is 4. The van der Waals surface area contributed by atoms with Crippen molar-refractivity contribution in [2.45, 2.75) is 51.7 Å². The minimum absolute atomic E-state index is 0.0803. The number of hydrogen-bond donors (Lipinski definition) is 2. The lowest BCUT2D eigenvalue weighted by atomic mass is 10.0. The highest BCUT2D eigenvalue weighted by molar-refractivity contribution is 6.34. The Morgan fingerprint density at radius 1 is 0.818 bits per heavy atom. The van der Waals surface area contributed by atoms with Gasteiger partial charge in [-0.15, -0.1) is 0 Å². The third-order valence-corrected chi connectivity index (χ3v) is 9.08. The number of benzene rings is 5. The van der Waals surface area contributed by atoms with Gasteiger partial charge < -0.3 is 19.7 Å². The first-order valence-corrected chi connectivity index (χ1v) is 17.8. The molecule has 0 spiro atoms. The number of carbonyl (C=O) groups is 4. The third kappa shape index (κ3) is 11.0. The summed E-state index contributed by atoms with van der Waals surface area (Å²) in [4.78, 5) is 52.2. The summed E-state index contributed by atoms with van der Waals surface area (Å²) in [6.45, 7) is 3.10. The summed E-state index contributed by atoms with van der Waals surface area (Å²) < 4.78 is 41.2. The molecule has 55 heavy (non-hydrogen) atoms. The number of hydrogen-bond acceptors (Lipinski definition) is 6. The van der Waals surface area contributed by atoms with Crippen LogP contribution in [0.25, 0.3) is 0 Å². The Balaban J connectivity index is 1.08. The number of nitrogens with one attached hydrogen (secondary N) is 2. The van der Waals surface area contributed by atoms with Crippen molar-refractivity contribution in [3.05, 3.63) is 160 Å². The van der Waals surface area contributed by atoms with Crippen molar-refractivity contribution in [1.82, 2.24) is 0 Å². The summed E-state index contributed by atoms with van der Waals surface area (Å²) in [6.07, 6.45) is -2.62. The highest BCUT2D eigenvalue weighted by atomic mass is 35.5. The Kier molecular flexibility index (Phi) is 13.4. The van der Waals surface area contributed by atoms with Crippen LogP contribution in [0.4, 0.5) is 30.6 Å². The Hall–Kier alpha value is -6.07. The molecule has 5 aromatic carbocycles. The molecular formula is C43H40ClF2N3O6. The minimum atomic E-state index is -3.52. The van der Waals surface area contributed by atoms with Gasteiger partial charge in [-0.3, -0.25) is 19.7 Å². The van der Waals surface area contributed by atoms with E-state index in [4.69, 9.17) is 21.1 Å². The molecule has 0 aliphatic rings. The summed E-state index contributed by atoms with van der Waals surface area (Å²) in [7, 11) is 1.63. The smallest absolute Gasteiger partial charge is 0.411 e. The zero-order valence-electron chi connectivity index (χ0n) is 30.5. The van der Waals surface area contributed by atoms with Crippen LogP contribution < -0.4 is 15.5 Å². The topological polar surface area (TPSA) is 114 Å². The molecule has 0 heterocycles. The van der Waals surface area contributed by atoms with Gasteiger partial charge in [-0.2, -0.15) is 8.78 Å². The van der Waals surface area contributed by atoms with E-state index in [1.165, 1.54) is 29.2 Å². The van der Waals surface area contributed by atoms with Crippen molar-refractivity contribution in [1.29, 1.82) is 0 Å². The van der Waals surface area contributed by atoms with Gasteiger partial charge in [0.1, 0.15) is 6.61 Å². The van der Waals surface area contributed by atoms with E-state index < -0.39 is 24.1 Å². The molecule has 3 amide bonds. The normalized spacial score (nSPS) is 11.6. The lowest BCUT2D eigenvalue weighted by molar-refractivity contribution is -0.172. The van der Waals surface area contributed by atoms with Gasteiger partial charge >= 0.3 is 18.0 Å². The molecule has 9 nitrogen and oxygen atoms in total. The van der Waals surface area contributed by atoms with Gasteiger partial charge in [0.15, 0.2) is 6.10 Å². The molecule has 12 heteroatoms. The Bertz CT molecular complexity index is 2130. The number of rotatable bonds is 14. The quantitative estimate of drug-likeness (QED) is 0.109. The van der Waals surface area contributed by atoms with Gasteiger partial charge in [0.05, 0.1) is 17.1 Å². The molecule has 0 saturated carbocycles. The minimum Gasteiger partial charge on any atom is -0.456 e. The van der Waals surface area contributed by atoms with Crippen LogP contribution in [0.5, 0.6) is 0 Å². The van der Waals surface area contributed by atoms with E-state index in [0.29, 0.717) is 38.8 Å². The number of esters is 1. The van der Waals surface area contributed by atoms with Crippen LogP contribution in [-0.4, -0.2) is 37.0 Å². The maximum atomic E-state index is 15.4. The molecule has 5 aromatic rings. The van der Waals surface area contributed by atoms with Crippen LogP contribution in [0.2, 0.25) is 5.02 Å². The van der Waals surface area contributed by atoms with Crippen molar-refractivity contribution < 1.29 is 37.4 Å². The fraction of sp³-hybridized carbons (Fsp3) is 0.209. The van der Waals surface area contributed by atoms with E-state index in [1.54, 1.807) is 67.7 Å². The second-order valence-corrected chi connectivity index (χ2v) is 13.3. The number of amides is 3. The van der Waals surface area contributed by atoms with E-state index in [9.17, 15) is 19.2 Å². The number of anilines is 3. The second kappa shape index (κ2) is 18.3. The second-order valence-electron chi connectivity index (χ2n) is 12.9. The van der Waals surface area contributed by atoms with Gasteiger partial charge in [0.25, 0.3) is 5.91 Å². The maximum Gasteiger partial charge on any atom is 0.411 e. The molecule has 0 bridgehead atoms. The predicted octanol–water partition coefficient (Wildman–Crippen LogP) is 9.51. The molecule has 1 atom stereocenters. The molecule has 284 valence electrons. The van der Waals surface area contributed by atoms with E-state index in [2.05, 4.69) is 10.6 Å². The zero-order chi connectivity index (χ0) is 39.5. The lowest BCUT2D eigenvalue weighted by Crippen LogP contribution is -2.33. The molecule has 5 rings (SSSR count). The largest absolute Gasteiger partial charge is 0.456 e. The average molecular weight is 768 g/mol. The Morgan fingerprint density at radius 3 is 2.18 bits per heavy atom. The molecule has 0 fully saturated rings. The molecule has 0 aliphatic carbocycles. The van der Waals surface area contributed by atoms with Gasteiger partial charge in [-0.25, -0.2) is 4.79 Å². The number of ether oxygens (including phenoxy) is 2. The van der Waals surface area contributed by atoms with Gasteiger partial charge in [-0.05, 0) is 85.0 Å². The van der Waals surface area contributed by atoms with Crippen LogP contribution >= 0.6 is 11.6 Å². The molecule has 0 aromatic heterocycles. The SMILES string of the molecule is Cc1ccc(N(C)C(=O)c2ccc(NC(=O)Cc3ccc(C(F)(F)C(C)OC(=O)CCc4ccccc4NC(=O)OCc4ccccc4)cc3)cc2)c(Cl)c1. The van der Waals surface area contributed by atoms with Crippen molar-refractivity contribution in [3.8, 4) is 0 Å². The summed E-state index contributed by atoms with van der Waals surface area (Å²) in [5.74, 6) is -5.01. The van der Waals surface area contributed by atoms with E-state index in [0.717, 1.165) is 18.1 Å². The van der Waals surface area contributed by atoms with Crippen molar-refractivity contribution in [2.24, 2.45) is 0 Å². The molecule has 2 N–H and O–H groups in total. The van der Waals surface area contributed by atoms with Gasteiger partial charge in [-0.1, -0.05) is 90.5 Å². The number of halogens is 3. The third-order valence-electron chi connectivity index (χ3n) is 8.77. The zero-order valence-corrected chi connectivity index (χ0v) is 31.2. The van der Waals surface area contributed by atoms with Crippen molar-refractivity contribution in [2.75, 3.05) is 22.6 Å². The summed E-state index contributed by atoms with van der Waals surface area (Å²) in [6, 6.07) is 33.0. The molecular weight excluding hydrogens is 728 g/mol. The lowest BCUT2D eigenvalue weighted by Gasteiger charge is -2.24. The average Bonchev–Trinajstić information content (AvgIpc) is 3.17. The number of nitrogens with zero attached hydrogens (tertiary/aromatic N) is 1. The number of alkyl halides is 2. The number of aryl methyl sites for hydroxylation is 2. The Labute approximate surface area is 323 Å². The molecule has 0 saturated heterocycles. The predicted molar refractivity (Wildman–Crippen MR) is 209 cm³/mol. The first kappa shape index (κ1) is 40.1. The van der Waals surface area contributed by atoms with E-state index >= 15 is 8.78 Å². The van der Waals surface area contributed by atoms with E-state index in [-0.39, 0.29) is 43.2 Å². The molecule has 0 radical (unpaired) electrons. The maximum absolute atomic E-state index is 15.4. The Morgan fingerprint density at radius 2 is 1.49 bits per heavy atom. The van der Waals surface area contributed by atoms with Crippen LogP contribution in [0.1, 0.15) is 51.5 Å². The first-order valence-electron chi connectivity index (χ1n) is 17.5. The van der Waals surface area contributed by atoms with Crippen LogP contribution in [0, 0.1) is 6.92 Å². The molecule has 1 unspecified atom stereocenters. The highest BCUT2D eigenvalue weighted by Gasteiger charge is 2.41. The summed E-state index contributed by atoms with van der Waals surface area (Å²) >= 11 is 6.32. The van der Waals surface area contributed by atoms with E-state index in [1.807, 2.05) is 43.3 Å². The van der Waals surface area contributed by atoms with Crippen molar-refractivity contribution >= 4 is 52.5 Å². The summed E-state index contributed by atoms with van der Waals surface area (Å²) in [5, 5.41) is 5.86. The van der Waals surface area contributed by atoms with Gasteiger partial charge in [0.2, 0.25) is 5.91 Å². The summed E-state index contributed by atoms with van der Waals surface area (Å²) in [5.41, 5.74) is 4.36. The fourth-order valence-corrected chi connectivity index (χ4v) is 6.01. The first-order chi connectivity index (χ1) is 26.3. The molecule has 0 aliphatic heterocycles. The van der Waals surface area contributed by atoms with Crippen LogP contribution in [0.15, 0.2) is 121 Å².